The predicted octanol–water partition coefficient (Wildman–Crippen LogP) is -0.136. The number of carboxylic acid groups (broad SMARTS) is 3. The van der Waals surface area contributed by atoms with Gasteiger partial charge in [0.1, 0.15) is 17.8 Å². The van der Waals surface area contributed by atoms with Gasteiger partial charge in [0.05, 0.1) is 171 Å². The van der Waals surface area contributed by atoms with Gasteiger partial charge in [0, 0.05) is 20.1 Å². The second kappa shape index (κ2) is 44.2. The summed E-state index contributed by atoms with van der Waals surface area (Å²) in [6, 6.07) is -3.75. The van der Waals surface area contributed by atoms with E-state index in [1.54, 1.807) is 18.0 Å². The van der Waals surface area contributed by atoms with Crippen LogP contribution in [0.5, 0.6) is 0 Å². The first-order valence-corrected chi connectivity index (χ1v) is 21.8. The molecule has 0 radical (unpaired) electrons. The Balaban J connectivity index is 1.82. The molecule has 25 heteroatoms. The van der Waals surface area contributed by atoms with Crippen LogP contribution in [0.2, 0.25) is 0 Å². The zero-order valence-electron chi connectivity index (χ0n) is 37.8. The Morgan fingerprint density at radius 2 is 0.846 bits per heavy atom. The molecular weight excluding hydrogens is 870 g/mol. The van der Waals surface area contributed by atoms with Crippen molar-refractivity contribution in [2.45, 2.75) is 57.3 Å². The van der Waals surface area contributed by atoms with Crippen molar-refractivity contribution in [1.82, 2.24) is 25.6 Å². The molecule has 0 aliphatic heterocycles. The van der Waals surface area contributed by atoms with E-state index >= 15 is 0 Å². The number of hydrogen-bond donors (Lipinski definition) is 5. The lowest BCUT2D eigenvalue weighted by molar-refractivity contribution is -0.140. The van der Waals surface area contributed by atoms with Crippen LogP contribution in [-0.2, 0) is 89.1 Å². The number of aryl methyl sites for hydroxylation is 1. The highest BCUT2D eigenvalue weighted by Crippen LogP contribution is 2.06. The zero-order valence-corrected chi connectivity index (χ0v) is 37.8. The number of carbonyl (C=O) groups excluding carboxylic acids is 1. The molecule has 0 bridgehead atoms. The van der Waals surface area contributed by atoms with Crippen LogP contribution in [0.25, 0.3) is 0 Å². The number of nitrogens with zero attached hydrogens (tertiary/aromatic N) is 3. The van der Waals surface area contributed by atoms with E-state index in [2.05, 4.69) is 20.9 Å². The molecule has 65 heavy (non-hydrogen) atoms. The van der Waals surface area contributed by atoms with Gasteiger partial charge in [-0.25, -0.2) is 14.4 Å². The molecule has 1 aromatic heterocycles. The number of aromatic nitrogens is 3. The van der Waals surface area contributed by atoms with Crippen LogP contribution in [0.4, 0.5) is 4.79 Å². The Labute approximate surface area is 380 Å². The number of carboxylic acids is 3. The molecule has 5 N–H and O–H groups in total. The number of carbonyl (C=O) groups is 4. The molecule has 0 aliphatic rings. The Morgan fingerprint density at radius 1 is 0.508 bits per heavy atom. The van der Waals surface area contributed by atoms with Crippen LogP contribution in [0.15, 0.2) is 6.20 Å². The zero-order chi connectivity index (χ0) is 47.3. The first-order chi connectivity index (χ1) is 31.7. The van der Waals surface area contributed by atoms with Crippen molar-refractivity contribution in [2.75, 3.05) is 166 Å². The van der Waals surface area contributed by atoms with Gasteiger partial charge >= 0.3 is 23.9 Å². The van der Waals surface area contributed by atoms with Gasteiger partial charge in [0.15, 0.2) is 0 Å². The highest BCUT2D eigenvalue weighted by molar-refractivity contribution is 5.86. The lowest BCUT2D eigenvalue weighted by Gasteiger charge is -2.18. The maximum atomic E-state index is 12.1. The van der Waals surface area contributed by atoms with E-state index in [9.17, 15) is 29.4 Å². The first kappa shape index (κ1) is 59.3. The number of ether oxygens (including phenoxy) is 13. The third-order valence-corrected chi connectivity index (χ3v) is 8.34. The summed E-state index contributed by atoms with van der Waals surface area (Å²) in [5.41, 5.74) is 0.608. The minimum Gasteiger partial charge on any atom is -0.481 e. The van der Waals surface area contributed by atoms with E-state index in [1.807, 2.05) is 0 Å². The van der Waals surface area contributed by atoms with Crippen molar-refractivity contribution < 1.29 is 96.1 Å². The number of rotatable bonds is 50. The molecule has 2 atom stereocenters. The van der Waals surface area contributed by atoms with Gasteiger partial charge < -0.3 is 87.5 Å². The van der Waals surface area contributed by atoms with Crippen molar-refractivity contribution in [3.05, 3.63) is 11.9 Å². The molecule has 0 saturated heterocycles. The van der Waals surface area contributed by atoms with Gasteiger partial charge in [-0.05, 0) is 25.7 Å². The molecule has 1 rings (SSSR count). The number of methoxy groups -OCH3 is 1. The summed E-state index contributed by atoms with van der Waals surface area (Å²) in [5, 5.41) is 39.8. The van der Waals surface area contributed by atoms with E-state index in [0.717, 1.165) is 0 Å². The molecule has 25 nitrogen and oxygen atoms in total. The van der Waals surface area contributed by atoms with Gasteiger partial charge in [0.2, 0.25) is 0 Å². The molecule has 2 unspecified atom stereocenters. The molecule has 1 heterocycles. The normalized spacial score (nSPS) is 12.3. The predicted molar refractivity (Wildman–Crippen MR) is 226 cm³/mol. The van der Waals surface area contributed by atoms with Crippen molar-refractivity contribution in [1.29, 1.82) is 0 Å². The summed E-state index contributed by atoms with van der Waals surface area (Å²) in [7, 11) is 1.63. The van der Waals surface area contributed by atoms with Crippen LogP contribution in [0.1, 0.15) is 37.8 Å². The summed E-state index contributed by atoms with van der Waals surface area (Å²) >= 11 is 0. The number of hydrogen-bond acceptors (Lipinski definition) is 19. The number of nitrogens with one attached hydrogen (secondary N) is 2. The third-order valence-electron chi connectivity index (χ3n) is 8.34. The molecule has 0 saturated carbocycles. The Morgan fingerprint density at radius 3 is 1.18 bits per heavy atom. The van der Waals surface area contributed by atoms with Crippen LogP contribution in [-0.4, -0.2) is 232 Å². The highest BCUT2D eigenvalue weighted by atomic mass is 16.6. The third kappa shape index (κ3) is 39.2. The standard InChI is InChI=1S/C40H73N5O20/c1-53-8-9-54-10-11-55-12-13-56-14-15-57-16-17-58-18-19-59-20-21-60-22-23-61-24-25-62-26-27-63-28-29-64-30-31-65-33-34-32-45(44-43-34)7-3-2-4-35(38(48)49)41-40(52)42-36(39(50)51)5-6-37(46)47/h32,35-36H,2-31,33H2,1H3,(H,46,47)(H,48,49)(H,50,51)(H2,41,42,52). The lowest BCUT2D eigenvalue weighted by Crippen LogP contribution is -2.51. The highest BCUT2D eigenvalue weighted by Gasteiger charge is 2.24. The molecule has 0 fully saturated rings. The van der Waals surface area contributed by atoms with Gasteiger partial charge in [-0.15, -0.1) is 5.10 Å². The molecule has 0 spiro atoms. The van der Waals surface area contributed by atoms with Gasteiger partial charge in [-0.3, -0.25) is 9.48 Å². The molecule has 0 aliphatic carbocycles. The first-order valence-electron chi connectivity index (χ1n) is 21.8. The average molecular weight is 944 g/mol. The fourth-order valence-corrected chi connectivity index (χ4v) is 5.01. The topological polar surface area (TPSA) is 304 Å². The summed E-state index contributed by atoms with van der Waals surface area (Å²) in [4.78, 5) is 45.7. The van der Waals surface area contributed by atoms with Crippen molar-refractivity contribution in [2.24, 2.45) is 0 Å². The SMILES string of the molecule is COCCOCCOCCOCCOCCOCCOCCOCCOCCOCCOCCOCCOCc1cn(CCCCC(NC(=O)NC(CCC(=O)O)C(=O)O)C(=O)O)nn1. The molecule has 2 amide bonds. The molecule has 1 aromatic rings. The van der Waals surface area contributed by atoms with Gasteiger partial charge in [0.25, 0.3) is 0 Å². The summed E-state index contributed by atoms with van der Waals surface area (Å²) in [6.07, 6.45) is 1.90. The summed E-state index contributed by atoms with van der Waals surface area (Å²) in [5.74, 6) is -3.94. The van der Waals surface area contributed by atoms with Crippen molar-refractivity contribution >= 4 is 23.9 Å². The van der Waals surface area contributed by atoms with E-state index in [0.29, 0.717) is 184 Å². The number of unbranched alkanes of at least 4 members (excludes halogenated alkanes) is 1. The number of amides is 2. The van der Waals surface area contributed by atoms with Crippen molar-refractivity contribution in [3.63, 3.8) is 0 Å². The largest absolute Gasteiger partial charge is 0.481 e. The Hall–Kier alpha value is -3.70. The molecular formula is C40H73N5O20. The second-order valence-corrected chi connectivity index (χ2v) is 13.6. The molecule has 378 valence electrons. The van der Waals surface area contributed by atoms with Crippen LogP contribution < -0.4 is 10.6 Å². The van der Waals surface area contributed by atoms with Crippen LogP contribution in [0, 0.1) is 0 Å². The smallest absolute Gasteiger partial charge is 0.326 e. The minimum atomic E-state index is -1.47. The maximum Gasteiger partial charge on any atom is 0.326 e. The molecule has 0 aromatic carbocycles. The second-order valence-electron chi connectivity index (χ2n) is 13.6. The van der Waals surface area contributed by atoms with Crippen molar-refractivity contribution in [3.8, 4) is 0 Å². The lowest BCUT2D eigenvalue weighted by atomic mass is 10.1. The fraction of sp³-hybridized carbons (Fsp3) is 0.850. The summed E-state index contributed by atoms with van der Waals surface area (Å²) in [6.45, 7) is 12.0. The monoisotopic (exact) mass is 943 g/mol. The quantitative estimate of drug-likeness (QED) is 0.0531. The van der Waals surface area contributed by atoms with Crippen LogP contribution >= 0.6 is 0 Å². The number of urea groups is 1. The van der Waals surface area contributed by atoms with Gasteiger partial charge in [-0.1, -0.05) is 5.21 Å². The maximum absolute atomic E-state index is 12.1. The Bertz CT molecular complexity index is 1300. The van der Waals surface area contributed by atoms with E-state index in [1.165, 1.54) is 0 Å². The minimum absolute atomic E-state index is 0.0763. The summed E-state index contributed by atoms with van der Waals surface area (Å²) < 4.78 is 72.1. The number of aliphatic carboxylic acids is 3. The average Bonchev–Trinajstić information content (AvgIpc) is 3.74. The fourth-order valence-electron chi connectivity index (χ4n) is 5.01. The van der Waals surface area contributed by atoms with E-state index < -0.39 is 42.4 Å². The Kier molecular flexibility index (Phi) is 40.3. The van der Waals surface area contributed by atoms with E-state index in [-0.39, 0.29) is 19.4 Å². The van der Waals surface area contributed by atoms with Crippen LogP contribution in [0.3, 0.4) is 0 Å². The van der Waals surface area contributed by atoms with Gasteiger partial charge in [-0.2, -0.15) is 0 Å². The van der Waals surface area contributed by atoms with E-state index in [4.69, 9.17) is 66.7 Å².